The van der Waals surface area contributed by atoms with Gasteiger partial charge in [0.1, 0.15) is 5.75 Å². The fraction of sp³-hybridized carbons (Fsp3) is 0.556. The molecule has 0 radical (unpaired) electrons. The molecule has 0 aromatic heterocycles. The van der Waals surface area contributed by atoms with Gasteiger partial charge in [0.2, 0.25) is 0 Å². The van der Waals surface area contributed by atoms with Crippen molar-refractivity contribution in [3.8, 4) is 5.75 Å². The van der Waals surface area contributed by atoms with Crippen LogP contribution in [0.3, 0.4) is 0 Å². The molecule has 0 spiro atoms. The molecule has 1 N–H and O–H groups in total. The molecule has 0 aliphatic rings. The van der Waals surface area contributed by atoms with Crippen molar-refractivity contribution in [1.82, 2.24) is 0 Å². The molecule has 3 nitrogen and oxygen atoms in total. The van der Waals surface area contributed by atoms with Crippen molar-refractivity contribution in [3.63, 3.8) is 0 Å². The van der Waals surface area contributed by atoms with E-state index in [1.165, 1.54) is 63.4 Å². The van der Waals surface area contributed by atoms with E-state index in [2.05, 4.69) is 32.0 Å². The molecule has 2 unspecified atom stereocenters. The molecule has 4 heteroatoms. The minimum Gasteiger partial charge on any atom is -0.427 e. The fourth-order valence-corrected chi connectivity index (χ4v) is 4.53. The van der Waals surface area contributed by atoms with E-state index in [0.717, 1.165) is 18.4 Å². The number of hydrogen-bond acceptors (Lipinski definition) is 3. The standard InChI is InChI=1S/C27H41O3P/c1-3-4-5-6-7-8-9-10-11-12-18-23-29-31(28)30-27-22-17-16-21-26(27)24(2)25-19-14-13-15-20-25/h13-17,19-22,24,28H,3-12,18,23H2,1-2H3. The molecule has 0 saturated carbocycles. The first-order chi connectivity index (χ1) is 15.2. The smallest absolute Gasteiger partial charge is 0.394 e. The van der Waals surface area contributed by atoms with Gasteiger partial charge in [0.15, 0.2) is 0 Å². The molecule has 0 amide bonds. The molecule has 0 bridgehead atoms. The summed E-state index contributed by atoms with van der Waals surface area (Å²) in [5.41, 5.74) is 2.29. The predicted octanol–water partition coefficient (Wildman–Crippen LogP) is 8.76. The lowest BCUT2D eigenvalue weighted by atomic mass is 9.93. The first-order valence-electron chi connectivity index (χ1n) is 12.2. The topological polar surface area (TPSA) is 38.7 Å². The molecule has 0 aliphatic heterocycles. The Balaban J connectivity index is 1.60. The van der Waals surface area contributed by atoms with E-state index in [-0.39, 0.29) is 5.92 Å². The Kier molecular flexibility index (Phi) is 13.6. The summed E-state index contributed by atoms with van der Waals surface area (Å²) in [4.78, 5) is 10.3. The lowest BCUT2D eigenvalue weighted by molar-refractivity contribution is 0.253. The summed E-state index contributed by atoms with van der Waals surface area (Å²) in [6, 6.07) is 18.3. The zero-order chi connectivity index (χ0) is 22.2. The van der Waals surface area contributed by atoms with Gasteiger partial charge in [-0.05, 0) is 18.1 Å². The fourth-order valence-electron chi connectivity index (χ4n) is 3.86. The number of rotatable bonds is 17. The number of hydrogen-bond donors (Lipinski definition) is 1. The maximum absolute atomic E-state index is 10.3. The molecule has 31 heavy (non-hydrogen) atoms. The highest BCUT2D eigenvalue weighted by Gasteiger charge is 2.17. The van der Waals surface area contributed by atoms with Gasteiger partial charge in [-0.25, -0.2) is 0 Å². The van der Waals surface area contributed by atoms with Gasteiger partial charge in [0, 0.05) is 11.5 Å². The van der Waals surface area contributed by atoms with Crippen molar-refractivity contribution in [1.29, 1.82) is 0 Å². The Labute approximate surface area is 191 Å². The summed E-state index contributed by atoms with van der Waals surface area (Å²) < 4.78 is 11.4. The van der Waals surface area contributed by atoms with Gasteiger partial charge >= 0.3 is 8.60 Å². The van der Waals surface area contributed by atoms with E-state index >= 15 is 0 Å². The first-order valence-corrected chi connectivity index (χ1v) is 13.3. The summed E-state index contributed by atoms with van der Waals surface area (Å²) in [6.45, 7) is 4.97. The summed E-state index contributed by atoms with van der Waals surface area (Å²) in [5, 5.41) is 0. The van der Waals surface area contributed by atoms with Crippen LogP contribution in [0.15, 0.2) is 54.6 Å². The highest BCUT2D eigenvalue weighted by molar-refractivity contribution is 7.41. The summed E-state index contributed by atoms with van der Waals surface area (Å²) in [6.07, 6.45) is 14.3. The Morgan fingerprint density at radius 3 is 1.94 bits per heavy atom. The number of para-hydroxylation sites is 1. The van der Waals surface area contributed by atoms with Crippen LogP contribution < -0.4 is 4.52 Å². The van der Waals surface area contributed by atoms with Crippen LogP contribution in [0.2, 0.25) is 0 Å². The zero-order valence-corrected chi connectivity index (χ0v) is 20.4. The Morgan fingerprint density at radius 1 is 0.742 bits per heavy atom. The van der Waals surface area contributed by atoms with Crippen LogP contribution in [0.5, 0.6) is 5.75 Å². The van der Waals surface area contributed by atoms with Gasteiger partial charge < -0.3 is 13.9 Å². The minimum absolute atomic E-state index is 0.187. The predicted molar refractivity (Wildman–Crippen MR) is 133 cm³/mol. The normalized spacial score (nSPS) is 13.1. The van der Waals surface area contributed by atoms with Crippen molar-refractivity contribution in [2.75, 3.05) is 6.61 Å². The third-order valence-electron chi connectivity index (χ3n) is 5.81. The summed E-state index contributed by atoms with van der Waals surface area (Å²) in [5.74, 6) is 0.888. The summed E-state index contributed by atoms with van der Waals surface area (Å²) in [7, 11) is -1.90. The van der Waals surface area contributed by atoms with Crippen LogP contribution in [-0.2, 0) is 4.52 Å². The molecule has 2 atom stereocenters. The van der Waals surface area contributed by atoms with Gasteiger partial charge in [0.05, 0.1) is 6.61 Å². The highest BCUT2D eigenvalue weighted by atomic mass is 31.2. The Hall–Kier alpha value is -1.41. The second-order valence-corrected chi connectivity index (χ2v) is 9.28. The van der Waals surface area contributed by atoms with Crippen LogP contribution >= 0.6 is 8.60 Å². The van der Waals surface area contributed by atoms with E-state index in [1.54, 1.807) is 0 Å². The van der Waals surface area contributed by atoms with E-state index < -0.39 is 8.60 Å². The lowest BCUT2D eigenvalue weighted by Crippen LogP contribution is -2.01. The second-order valence-electron chi connectivity index (χ2n) is 8.37. The van der Waals surface area contributed by atoms with Gasteiger partial charge in [-0.2, -0.15) is 0 Å². The van der Waals surface area contributed by atoms with Gasteiger partial charge in [0.25, 0.3) is 0 Å². The second kappa shape index (κ2) is 16.3. The van der Waals surface area contributed by atoms with E-state index in [4.69, 9.17) is 9.05 Å². The molecule has 172 valence electrons. The van der Waals surface area contributed by atoms with Gasteiger partial charge in [-0.3, -0.25) is 0 Å². The lowest BCUT2D eigenvalue weighted by Gasteiger charge is -2.19. The maximum atomic E-state index is 10.3. The molecule has 0 aliphatic carbocycles. The van der Waals surface area contributed by atoms with Crippen LogP contribution in [0.25, 0.3) is 0 Å². The Bertz CT molecular complexity index is 692. The van der Waals surface area contributed by atoms with E-state index in [9.17, 15) is 4.89 Å². The third-order valence-corrected chi connectivity index (χ3v) is 6.57. The van der Waals surface area contributed by atoms with Gasteiger partial charge in [-0.1, -0.05) is 127 Å². The largest absolute Gasteiger partial charge is 0.427 e. The van der Waals surface area contributed by atoms with Crippen LogP contribution in [0.4, 0.5) is 0 Å². The molecule has 0 fully saturated rings. The molecule has 2 aromatic rings. The molecular formula is C27H41O3P. The van der Waals surface area contributed by atoms with E-state index in [0.29, 0.717) is 12.4 Å². The Morgan fingerprint density at radius 2 is 1.29 bits per heavy atom. The molecule has 2 aromatic carbocycles. The molecular weight excluding hydrogens is 403 g/mol. The van der Waals surface area contributed by atoms with Crippen molar-refractivity contribution in [2.24, 2.45) is 0 Å². The molecule has 0 saturated heterocycles. The first kappa shape index (κ1) is 25.8. The quantitative estimate of drug-likeness (QED) is 0.196. The maximum Gasteiger partial charge on any atom is 0.394 e. The third kappa shape index (κ3) is 10.6. The average Bonchev–Trinajstić information content (AvgIpc) is 2.80. The van der Waals surface area contributed by atoms with Crippen LogP contribution in [0, 0.1) is 0 Å². The van der Waals surface area contributed by atoms with Crippen molar-refractivity contribution in [2.45, 2.75) is 90.4 Å². The monoisotopic (exact) mass is 444 g/mol. The zero-order valence-electron chi connectivity index (χ0n) is 19.5. The average molecular weight is 445 g/mol. The highest BCUT2D eigenvalue weighted by Crippen LogP contribution is 2.40. The molecule has 0 heterocycles. The van der Waals surface area contributed by atoms with Gasteiger partial charge in [-0.15, -0.1) is 0 Å². The van der Waals surface area contributed by atoms with Crippen LogP contribution in [0.1, 0.15) is 102 Å². The van der Waals surface area contributed by atoms with Crippen molar-refractivity contribution in [3.05, 3.63) is 65.7 Å². The summed E-state index contributed by atoms with van der Waals surface area (Å²) >= 11 is 0. The minimum atomic E-state index is -1.90. The SMILES string of the molecule is CCCCCCCCCCCCCOP(O)Oc1ccccc1C(C)c1ccccc1. The molecule has 2 rings (SSSR count). The van der Waals surface area contributed by atoms with Crippen molar-refractivity contribution < 1.29 is 13.9 Å². The van der Waals surface area contributed by atoms with Crippen molar-refractivity contribution >= 4 is 8.60 Å². The van der Waals surface area contributed by atoms with E-state index in [1.807, 2.05) is 36.4 Å². The number of unbranched alkanes of at least 4 members (excludes halogenated alkanes) is 10. The number of benzene rings is 2. The van der Waals surface area contributed by atoms with Crippen LogP contribution in [-0.4, -0.2) is 11.5 Å².